The standard InChI is InChI=1S/C16H23NO10/c1-7(18)17-13-15(25-10(4)21)14(24-9(3)20)12(6-23-8(2)19)27-16(13)26-11(5)22/h12-16H,6H2,1-5H3,(H,17,18)/t12-,13-,14+,15+,16-/m0/s1. The molecule has 0 spiro atoms. The van der Waals surface area contributed by atoms with E-state index in [0.29, 0.717) is 0 Å². The van der Waals surface area contributed by atoms with Crippen LogP contribution in [0.1, 0.15) is 34.6 Å². The molecule has 11 heteroatoms. The van der Waals surface area contributed by atoms with Crippen molar-refractivity contribution in [1.82, 2.24) is 5.32 Å². The van der Waals surface area contributed by atoms with Crippen molar-refractivity contribution in [2.45, 2.75) is 65.3 Å². The maximum atomic E-state index is 11.6. The quantitative estimate of drug-likeness (QED) is 0.453. The van der Waals surface area contributed by atoms with Gasteiger partial charge < -0.3 is 29.0 Å². The van der Waals surface area contributed by atoms with Crippen LogP contribution in [-0.2, 0) is 47.7 Å². The van der Waals surface area contributed by atoms with Crippen LogP contribution in [0.15, 0.2) is 0 Å². The second kappa shape index (κ2) is 9.86. The van der Waals surface area contributed by atoms with Crippen LogP contribution >= 0.6 is 0 Å². The van der Waals surface area contributed by atoms with Crippen LogP contribution in [0.4, 0.5) is 0 Å². The Hall–Kier alpha value is -2.69. The van der Waals surface area contributed by atoms with Crippen LogP contribution < -0.4 is 5.32 Å². The number of rotatable bonds is 6. The molecule has 1 heterocycles. The van der Waals surface area contributed by atoms with E-state index >= 15 is 0 Å². The van der Waals surface area contributed by atoms with Gasteiger partial charge in [0.05, 0.1) is 0 Å². The minimum Gasteiger partial charge on any atom is -0.463 e. The van der Waals surface area contributed by atoms with Gasteiger partial charge in [0.25, 0.3) is 0 Å². The number of carbonyl (C=O) groups excluding carboxylic acids is 5. The Morgan fingerprint density at radius 1 is 0.778 bits per heavy atom. The molecule has 5 atom stereocenters. The van der Waals surface area contributed by atoms with Crippen molar-refractivity contribution in [3.63, 3.8) is 0 Å². The highest BCUT2D eigenvalue weighted by Gasteiger charge is 2.52. The molecule has 0 bridgehead atoms. The van der Waals surface area contributed by atoms with Crippen molar-refractivity contribution < 1.29 is 47.7 Å². The lowest BCUT2D eigenvalue weighted by Gasteiger charge is -2.44. The average Bonchev–Trinajstić information content (AvgIpc) is 2.49. The third-order valence-electron chi connectivity index (χ3n) is 3.35. The number of nitrogens with one attached hydrogen (secondary N) is 1. The molecular formula is C16H23NO10. The van der Waals surface area contributed by atoms with Gasteiger partial charge in [-0.1, -0.05) is 0 Å². The summed E-state index contributed by atoms with van der Waals surface area (Å²) in [6.45, 7) is 5.36. The van der Waals surface area contributed by atoms with Crippen molar-refractivity contribution in [1.29, 1.82) is 0 Å². The Labute approximate surface area is 155 Å². The van der Waals surface area contributed by atoms with E-state index < -0.39 is 60.4 Å². The molecule has 1 N–H and O–H groups in total. The van der Waals surface area contributed by atoms with Crippen molar-refractivity contribution >= 4 is 29.8 Å². The number of hydrogen-bond donors (Lipinski definition) is 1. The fourth-order valence-electron chi connectivity index (χ4n) is 2.55. The van der Waals surface area contributed by atoms with E-state index in [1.165, 1.54) is 6.92 Å². The Morgan fingerprint density at radius 2 is 1.30 bits per heavy atom. The fraction of sp³-hybridized carbons (Fsp3) is 0.688. The average molecular weight is 389 g/mol. The number of esters is 4. The molecule has 0 aromatic rings. The van der Waals surface area contributed by atoms with Gasteiger partial charge in [0, 0.05) is 34.6 Å². The first kappa shape index (κ1) is 22.4. The summed E-state index contributed by atoms with van der Waals surface area (Å²) in [5, 5.41) is 2.46. The lowest BCUT2D eigenvalue weighted by molar-refractivity contribution is -0.270. The maximum Gasteiger partial charge on any atom is 0.305 e. The van der Waals surface area contributed by atoms with Gasteiger partial charge in [-0.25, -0.2) is 0 Å². The molecule has 1 rings (SSSR count). The lowest BCUT2D eigenvalue weighted by atomic mass is 9.96. The van der Waals surface area contributed by atoms with E-state index in [9.17, 15) is 24.0 Å². The van der Waals surface area contributed by atoms with Gasteiger partial charge in [0.15, 0.2) is 12.2 Å². The van der Waals surface area contributed by atoms with Crippen LogP contribution in [0.3, 0.4) is 0 Å². The number of carbonyl (C=O) groups is 5. The van der Waals surface area contributed by atoms with E-state index in [2.05, 4.69) is 5.32 Å². The first-order chi connectivity index (χ1) is 12.5. The molecule has 0 radical (unpaired) electrons. The first-order valence-corrected chi connectivity index (χ1v) is 8.08. The zero-order valence-corrected chi connectivity index (χ0v) is 15.7. The molecule has 1 aliphatic heterocycles. The van der Waals surface area contributed by atoms with Crippen LogP contribution in [0.5, 0.6) is 0 Å². The van der Waals surface area contributed by atoms with E-state index in [4.69, 9.17) is 23.7 Å². The topological polar surface area (TPSA) is 144 Å². The van der Waals surface area contributed by atoms with Gasteiger partial charge in [-0.15, -0.1) is 0 Å². The third-order valence-corrected chi connectivity index (χ3v) is 3.35. The lowest BCUT2D eigenvalue weighted by Crippen LogP contribution is -2.66. The van der Waals surface area contributed by atoms with Crippen LogP contribution in [0.25, 0.3) is 0 Å². The van der Waals surface area contributed by atoms with Gasteiger partial charge >= 0.3 is 23.9 Å². The minimum atomic E-state index is -1.37. The molecule has 0 unspecified atom stereocenters. The molecule has 1 amide bonds. The molecule has 0 aromatic carbocycles. The zero-order chi connectivity index (χ0) is 20.7. The van der Waals surface area contributed by atoms with E-state index in [1.54, 1.807) is 0 Å². The Bertz CT molecular complexity index is 604. The molecule has 0 aliphatic carbocycles. The number of ether oxygens (including phenoxy) is 5. The molecule has 0 aromatic heterocycles. The highest BCUT2D eigenvalue weighted by atomic mass is 16.7. The van der Waals surface area contributed by atoms with Crippen molar-refractivity contribution in [3.05, 3.63) is 0 Å². The molecule has 152 valence electrons. The second-order valence-electron chi connectivity index (χ2n) is 5.83. The summed E-state index contributed by atoms with van der Waals surface area (Å²) in [6, 6.07) is -1.16. The zero-order valence-electron chi connectivity index (χ0n) is 15.7. The molecule has 0 saturated carbocycles. The van der Waals surface area contributed by atoms with Crippen LogP contribution in [-0.4, -0.2) is 67.0 Å². The molecule has 1 fully saturated rings. The maximum absolute atomic E-state index is 11.6. The summed E-state index contributed by atoms with van der Waals surface area (Å²) in [4.78, 5) is 57.2. The molecule has 1 saturated heterocycles. The van der Waals surface area contributed by atoms with Gasteiger partial charge in [-0.05, 0) is 0 Å². The first-order valence-electron chi connectivity index (χ1n) is 8.08. The summed E-state index contributed by atoms with van der Waals surface area (Å²) in [5.74, 6) is -3.34. The van der Waals surface area contributed by atoms with E-state index in [1.807, 2.05) is 0 Å². The minimum absolute atomic E-state index is 0.365. The van der Waals surface area contributed by atoms with Gasteiger partial charge in [0.2, 0.25) is 12.2 Å². The fourth-order valence-corrected chi connectivity index (χ4v) is 2.55. The molecule has 27 heavy (non-hydrogen) atoms. The molecule has 1 aliphatic rings. The van der Waals surface area contributed by atoms with E-state index in [0.717, 1.165) is 27.7 Å². The summed E-state index contributed by atoms with van der Waals surface area (Å²) in [5.41, 5.74) is 0. The van der Waals surface area contributed by atoms with Crippen molar-refractivity contribution in [2.75, 3.05) is 6.61 Å². The Balaban J connectivity index is 3.29. The van der Waals surface area contributed by atoms with Gasteiger partial charge in [0.1, 0.15) is 18.8 Å². The number of amides is 1. The summed E-state index contributed by atoms with van der Waals surface area (Å²) in [6.07, 6.45) is -4.97. The second-order valence-corrected chi connectivity index (χ2v) is 5.83. The predicted octanol–water partition coefficient (Wildman–Crippen LogP) is -0.794. The predicted molar refractivity (Wildman–Crippen MR) is 85.8 cm³/mol. The summed E-state index contributed by atoms with van der Waals surface area (Å²) < 4.78 is 25.9. The monoisotopic (exact) mass is 389 g/mol. The smallest absolute Gasteiger partial charge is 0.305 e. The highest BCUT2D eigenvalue weighted by molar-refractivity contribution is 5.74. The molecule has 11 nitrogen and oxygen atoms in total. The van der Waals surface area contributed by atoms with Crippen molar-refractivity contribution in [3.8, 4) is 0 Å². The number of hydrogen-bond acceptors (Lipinski definition) is 10. The Morgan fingerprint density at radius 3 is 1.74 bits per heavy atom. The summed E-state index contributed by atoms with van der Waals surface area (Å²) in [7, 11) is 0. The largest absolute Gasteiger partial charge is 0.463 e. The van der Waals surface area contributed by atoms with Gasteiger partial charge in [-0.3, -0.25) is 24.0 Å². The normalized spacial score (nSPS) is 27.1. The van der Waals surface area contributed by atoms with Crippen molar-refractivity contribution in [2.24, 2.45) is 0 Å². The Kier molecular flexibility index (Phi) is 8.16. The van der Waals surface area contributed by atoms with Crippen LogP contribution in [0, 0.1) is 0 Å². The van der Waals surface area contributed by atoms with E-state index in [-0.39, 0.29) is 6.61 Å². The SMILES string of the molecule is CC(=O)N[C@@H]1[C@@H](OC(C)=O)O[C@@H](COC(C)=O)[C@@H](OC(C)=O)[C@@H]1OC(C)=O. The van der Waals surface area contributed by atoms with Crippen LogP contribution in [0.2, 0.25) is 0 Å². The molecular weight excluding hydrogens is 366 g/mol. The van der Waals surface area contributed by atoms with Gasteiger partial charge in [-0.2, -0.15) is 0 Å². The highest BCUT2D eigenvalue weighted by Crippen LogP contribution is 2.28. The third kappa shape index (κ3) is 7.21. The summed E-state index contributed by atoms with van der Waals surface area (Å²) >= 11 is 0.